The number of halogens is 2. The van der Waals surface area contributed by atoms with Crippen molar-refractivity contribution in [3.8, 4) is 0 Å². The van der Waals surface area contributed by atoms with E-state index in [1.807, 2.05) is 6.92 Å². The zero-order valence-corrected chi connectivity index (χ0v) is 13.4. The van der Waals surface area contributed by atoms with E-state index in [9.17, 15) is 14.9 Å². The number of non-ortho nitro benzene ring substituents is 1. The van der Waals surface area contributed by atoms with Crippen LogP contribution in [-0.2, 0) is 0 Å². The number of nitro benzene ring substituents is 1. The van der Waals surface area contributed by atoms with Crippen LogP contribution < -0.4 is 10.6 Å². The number of likely N-dealkylation sites (tertiary alicyclic amines) is 1. The van der Waals surface area contributed by atoms with Gasteiger partial charge in [0.15, 0.2) is 0 Å². The molecule has 0 bridgehead atoms. The predicted octanol–water partition coefficient (Wildman–Crippen LogP) is 3.12. The number of carbonyl (C=O) groups excluding carboxylic acids is 1. The van der Waals surface area contributed by atoms with Crippen molar-refractivity contribution >= 4 is 40.6 Å². The fourth-order valence-corrected chi connectivity index (χ4v) is 2.92. The monoisotopic (exact) mass is 346 g/mol. The minimum atomic E-state index is -0.548. The summed E-state index contributed by atoms with van der Waals surface area (Å²) in [6, 6.07) is 2.41. The quantitative estimate of drug-likeness (QED) is 0.647. The van der Waals surface area contributed by atoms with Gasteiger partial charge in [0.25, 0.3) is 5.69 Å². The van der Waals surface area contributed by atoms with Gasteiger partial charge in [0.2, 0.25) is 0 Å². The van der Waals surface area contributed by atoms with Crippen LogP contribution >= 0.6 is 23.2 Å². The van der Waals surface area contributed by atoms with Crippen molar-refractivity contribution in [3.63, 3.8) is 0 Å². The molecule has 1 unspecified atom stereocenters. The SMILES string of the molecule is CCNC(=O)N1CCC(Nc2c(Cl)cc([N+](=O)[O-])cc2Cl)C1. The number of amides is 2. The van der Waals surface area contributed by atoms with E-state index >= 15 is 0 Å². The van der Waals surface area contributed by atoms with Crippen LogP contribution in [-0.4, -0.2) is 41.5 Å². The first-order chi connectivity index (χ1) is 10.4. The lowest BCUT2D eigenvalue weighted by atomic mass is 10.2. The van der Waals surface area contributed by atoms with E-state index in [-0.39, 0.29) is 27.8 Å². The first-order valence-electron chi connectivity index (χ1n) is 6.85. The van der Waals surface area contributed by atoms with Crippen LogP contribution in [0.25, 0.3) is 0 Å². The smallest absolute Gasteiger partial charge is 0.317 e. The van der Waals surface area contributed by atoms with Gasteiger partial charge in [-0.3, -0.25) is 10.1 Å². The minimum absolute atomic E-state index is 0.000868. The highest BCUT2D eigenvalue weighted by molar-refractivity contribution is 6.39. The second kappa shape index (κ2) is 7.02. The van der Waals surface area contributed by atoms with Crippen molar-refractivity contribution in [1.29, 1.82) is 0 Å². The molecule has 0 radical (unpaired) electrons. The normalized spacial score (nSPS) is 17.4. The lowest BCUT2D eigenvalue weighted by Gasteiger charge is -2.19. The van der Waals surface area contributed by atoms with Gasteiger partial charge in [0, 0.05) is 37.8 Å². The Morgan fingerprint density at radius 3 is 2.64 bits per heavy atom. The Bertz CT molecular complexity index is 574. The molecule has 1 aromatic carbocycles. The molecule has 7 nitrogen and oxygen atoms in total. The van der Waals surface area contributed by atoms with Crippen LogP contribution in [0.15, 0.2) is 12.1 Å². The summed E-state index contributed by atoms with van der Waals surface area (Å²) in [5.41, 5.74) is 0.299. The van der Waals surface area contributed by atoms with E-state index in [1.54, 1.807) is 4.90 Å². The van der Waals surface area contributed by atoms with Gasteiger partial charge in [-0.05, 0) is 13.3 Å². The van der Waals surface area contributed by atoms with Crippen LogP contribution in [0.5, 0.6) is 0 Å². The van der Waals surface area contributed by atoms with Crippen molar-refractivity contribution in [1.82, 2.24) is 10.2 Å². The number of anilines is 1. The molecule has 9 heteroatoms. The number of nitrogens with zero attached hydrogens (tertiary/aromatic N) is 2. The molecule has 22 heavy (non-hydrogen) atoms. The Morgan fingerprint density at radius 1 is 1.45 bits per heavy atom. The van der Waals surface area contributed by atoms with Gasteiger partial charge in [0.05, 0.1) is 20.7 Å². The van der Waals surface area contributed by atoms with Crippen molar-refractivity contribution < 1.29 is 9.72 Å². The Kier molecular flexibility index (Phi) is 5.31. The van der Waals surface area contributed by atoms with Gasteiger partial charge in [-0.25, -0.2) is 4.79 Å². The molecule has 2 amide bonds. The average molecular weight is 347 g/mol. The fraction of sp³-hybridized carbons (Fsp3) is 0.462. The Labute approximate surface area is 137 Å². The molecule has 1 atom stereocenters. The number of hydrogen-bond acceptors (Lipinski definition) is 4. The van der Waals surface area contributed by atoms with Gasteiger partial charge >= 0.3 is 6.03 Å². The standard InChI is InChI=1S/C13H16Cl2N4O3/c1-2-16-13(20)18-4-3-8(7-18)17-12-10(14)5-9(19(21)22)6-11(12)15/h5-6,8,17H,2-4,7H2,1H3,(H,16,20). The summed E-state index contributed by atoms with van der Waals surface area (Å²) in [7, 11) is 0. The molecule has 2 rings (SSSR count). The van der Waals surface area contributed by atoms with Crippen LogP contribution in [0.2, 0.25) is 10.0 Å². The van der Waals surface area contributed by atoms with E-state index in [4.69, 9.17) is 23.2 Å². The number of nitro groups is 1. The third kappa shape index (κ3) is 3.72. The first kappa shape index (κ1) is 16.6. The molecule has 0 aliphatic carbocycles. The van der Waals surface area contributed by atoms with E-state index < -0.39 is 4.92 Å². The summed E-state index contributed by atoms with van der Waals surface area (Å²) in [6.07, 6.45) is 0.751. The molecule has 0 saturated carbocycles. The van der Waals surface area contributed by atoms with Crippen LogP contribution in [0.1, 0.15) is 13.3 Å². The number of benzene rings is 1. The number of carbonyl (C=O) groups is 1. The molecule has 1 heterocycles. The summed E-state index contributed by atoms with van der Waals surface area (Å²) < 4.78 is 0. The van der Waals surface area contributed by atoms with E-state index in [1.165, 1.54) is 12.1 Å². The number of hydrogen-bond donors (Lipinski definition) is 2. The highest BCUT2D eigenvalue weighted by Crippen LogP contribution is 2.35. The van der Waals surface area contributed by atoms with E-state index in [2.05, 4.69) is 10.6 Å². The van der Waals surface area contributed by atoms with Gasteiger partial charge < -0.3 is 15.5 Å². The summed E-state index contributed by atoms with van der Waals surface area (Å²) in [6.45, 7) is 3.59. The second-order valence-electron chi connectivity index (χ2n) is 4.95. The average Bonchev–Trinajstić information content (AvgIpc) is 2.91. The highest BCUT2D eigenvalue weighted by Gasteiger charge is 2.27. The van der Waals surface area contributed by atoms with E-state index in [0.29, 0.717) is 25.3 Å². The Morgan fingerprint density at radius 2 is 2.09 bits per heavy atom. The van der Waals surface area contributed by atoms with Crippen LogP contribution in [0, 0.1) is 10.1 Å². The highest BCUT2D eigenvalue weighted by atomic mass is 35.5. The molecular formula is C13H16Cl2N4O3. The summed E-state index contributed by atoms with van der Waals surface area (Å²) >= 11 is 12.1. The molecule has 1 fully saturated rings. The lowest BCUT2D eigenvalue weighted by Crippen LogP contribution is -2.39. The van der Waals surface area contributed by atoms with Crippen molar-refractivity contribution in [2.24, 2.45) is 0 Å². The fourth-order valence-electron chi connectivity index (χ4n) is 2.33. The van der Waals surface area contributed by atoms with Crippen molar-refractivity contribution in [2.45, 2.75) is 19.4 Å². The van der Waals surface area contributed by atoms with Crippen LogP contribution in [0.3, 0.4) is 0 Å². The van der Waals surface area contributed by atoms with Gasteiger partial charge in [-0.15, -0.1) is 0 Å². The van der Waals surface area contributed by atoms with Crippen molar-refractivity contribution in [3.05, 3.63) is 32.3 Å². The maximum atomic E-state index is 11.8. The Hall–Kier alpha value is -1.73. The van der Waals surface area contributed by atoms with Gasteiger partial charge in [0.1, 0.15) is 0 Å². The third-order valence-corrected chi connectivity index (χ3v) is 3.99. The second-order valence-corrected chi connectivity index (χ2v) is 5.77. The third-order valence-electron chi connectivity index (χ3n) is 3.39. The number of nitrogens with one attached hydrogen (secondary N) is 2. The number of urea groups is 1. The van der Waals surface area contributed by atoms with Gasteiger partial charge in [-0.1, -0.05) is 23.2 Å². The molecule has 0 spiro atoms. The predicted molar refractivity (Wildman–Crippen MR) is 85.8 cm³/mol. The summed E-state index contributed by atoms with van der Waals surface area (Å²) in [4.78, 5) is 23.7. The molecular weight excluding hydrogens is 331 g/mol. The zero-order valence-electron chi connectivity index (χ0n) is 11.9. The number of rotatable bonds is 4. The molecule has 1 aliphatic rings. The zero-order chi connectivity index (χ0) is 16.3. The largest absolute Gasteiger partial charge is 0.378 e. The molecule has 1 saturated heterocycles. The summed E-state index contributed by atoms with van der Waals surface area (Å²) in [5, 5.41) is 17.0. The minimum Gasteiger partial charge on any atom is -0.378 e. The lowest BCUT2D eigenvalue weighted by molar-refractivity contribution is -0.384. The van der Waals surface area contributed by atoms with Crippen molar-refractivity contribution in [2.75, 3.05) is 25.0 Å². The molecule has 0 aromatic heterocycles. The molecule has 1 aromatic rings. The summed E-state index contributed by atoms with van der Waals surface area (Å²) in [5.74, 6) is 0. The topological polar surface area (TPSA) is 87.5 Å². The maximum absolute atomic E-state index is 11.8. The van der Waals surface area contributed by atoms with Gasteiger partial charge in [-0.2, -0.15) is 0 Å². The van der Waals surface area contributed by atoms with E-state index in [0.717, 1.165) is 6.42 Å². The Balaban J connectivity index is 2.06. The molecule has 1 aliphatic heterocycles. The molecule has 2 N–H and O–H groups in total. The maximum Gasteiger partial charge on any atom is 0.317 e. The van der Waals surface area contributed by atoms with Crippen LogP contribution in [0.4, 0.5) is 16.2 Å². The molecule has 120 valence electrons. The first-order valence-corrected chi connectivity index (χ1v) is 7.60.